The minimum Gasteiger partial charge on any atom is -0.545 e. The van der Waals surface area contributed by atoms with Crippen LogP contribution in [-0.2, 0) is 0 Å². The molecule has 25 heavy (non-hydrogen) atoms. The molecule has 0 aliphatic carbocycles. The molecular formula is C18H12ClN2O3S-. The van der Waals surface area contributed by atoms with E-state index in [0.29, 0.717) is 0 Å². The molecule has 0 fully saturated rings. The number of hydrogen-bond acceptors (Lipinski definition) is 5. The van der Waals surface area contributed by atoms with Crippen LogP contribution in [0.4, 0.5) is 0 Å². The lowest BCUT2D eigenvalue weighted by Gasteiger charge is -2.06. The number of aromatic nitrogens is 2. The highest BCUT2D eigenvalue weighted by molar-refractivity contribution is 7.98. The lowest BCUT2D eigenvalue weighted by Crippen LogP contribution is -2.22. The number of halogens is 1. The summed E-state index contributed by atoms with van der Waals surface area (Å²) in [7, 11) is 0. The van der Waals surface area contributed by atoms with E-state index in [1.54, 1.807) is 17.8 Å². The van der Waals surface area contributed by atoms with Crippen LogP contribution in [0.3, 0.4) is 0 Å². The smallest absolute Gasteiger partial charge is 0.259 e. The van der Waals surface area contributed by atoms with Crippen LogP contribution < -0.4 is 10.7 Å². The van der Waals surface area contributed by atoms with Gasteiger partial charge in [-0.25, -0.2) is 4.98 Å². The van der Waals surface area contributed by atoms with Crippen LogP contribution in [0, 0.1) is 0 Å². The molecule has 0 unspecified atom stereocenters. The zero-order valence-corrected chi connectivity index (χ0v) is 14.6. The Morgan fingerprint density at radius 2 is 1.96 bits per heavy atom. The zero-order chi connectivity index (χ0) is 18.0. The number of aromatic amines is 1. The average molecular weight is 372 g/mol. The minimum absolute atomic E-state index is 0.0516. The van der Waals surface area contributed by atoms with Gasteiger partial charge in [0.2, 0.25) is 0 Å². The zero-order valence-electron chi connectivity index (χ0n) is 13.1. The Kier molecular flexibility index (Phi) is 4.92. The number of carboxylic acids is 1. The van der Waals surface area contributed by atoms with E-state index in [0.717, 1.165) is 10.5 Å². The van der Waals surface area contributed by atoms with Gasteiger partial charge in [-0.15, -0.1) is 11.8 Å². The Labute approximate surface area is 152 Å². The summed E-state index contributed by atoms with van der Waals surface area (Å²) >= 11 is 7.92. The Morgan fingerprint density at radius 1 is 1.24 bits per heavy atom. The maximum absolute atomic E-state index is 12.2. The molecule has 0 bridgehead atoms. The molecule has 3 rings (SSSR count). The summed E-state index contributed by atoms with van der Waals surface area (Å²) in [6.07, 6.45) is 3.67. The Morgan fingerprint density at radius 3 is 2.60 bits per heavy atom. The molecule has 0 saturated heterocycles. The third-order valence-electron chi connectivity index (χ3n) is 3.58. The van der Waals surface area contributed by atoms with Gasteiger partial charge in [-0.1, -0.05) is 29.8 Å². The molecule has 0 aliphatic rings. The molecule has 0 amide bonds. The van der Waals surface area contributed by atoms with E-state index in [1.807, 2.05) is 30.5 Å². The number of nitrogens with one attached hydrogen (secondary N) is 1. The number of aromatic carboxylic acids is 1. The summed E-state index contributed by atoms with van der Waals surface area (Å²) in [5.41, 5.74) is 0.650. The number of thioether (sulfide) groups is 1. The number of carboxylic acid groups (broad SMARTS) is 1. The first-order valence-electron chi connectivity index (χ1n) is 7.25. The Bertz CT molecular complexity index is 1040. The van der Waals surface area contributed by atoms with Crippen LogP contribution in [-0.4, -0.2) is 22.2 Å². The van der Waals surface area contributed by atoms with Crippen LogP contribution in [0.2, 0.25) is 0 Å². The van der Waals surface area contributed by atoms with Gasteiger partial charge in [0.05, 0.1) is 21.9 Å². The SMILES string of the molecule is CSc1ccc(/C=C(\Cl)c2nc3cc(C(=O)[O-])ccc3c(=O)[nH]2)cc1. The highest BCUT2D eigenvalue weighted by Gasteiger charge is 2.08. The van der Waals surface area contributed by atoms with Gasteiger partial charge in [0, 0.05) is 4.90 Å². The topological polar surface area (TPSA) is 85.9 Å². The third-order valence-corrected chi connectivity index (χ3v) is 4.61. The second-order valence-electron chi connectivity index (χ2n) is 5.20. The van der Waals surface area contributed by atoms with Gasteiger partial charge in [-0.3, -0.25) is 4.79 Å². The third kappa shape index (κ3) is 3.75. The van der Waals surface area contributed by atoms with E-state index < -0.39 is 11.5 Å². The van der Waals surface area contributed by atoms with Crippen molar-refractivity contribution in [1.29, 1.82) is 0 Å². The maximum atomic E-state index is 12.2. The number of H-pyrrole nitrogens is 1. The van der Waals surface area contributed by atoms with Gasteiger partial charge >= 0.3 is 0 Å². The molecule has 1 aromatic heterocycles. The van der Waals surface area contributed by atoms with E-state index in [9.17, 15) is 14.7 Å². The number of carbonyl (C=O) groups is 1. The molecule has 5 nitrogen and oxygen atoms in total. The van der Waals surface area contributed by atoms with Gasteiger partial charge < -0.3 is 14.9 Å². The molecule has 126 valence electrons. The van der Waals surface area contributed by atoms with Crippen LogP contribution in [0.1, 0.15) is 21.7 Å². The largest absolute Gasteiger partial charge is 0.545 e. The molecule has 7 heteroatoms. The fraction of sp³-hybridized carbons (Fsp3) is 0.0556. The Balaban J connectivity index is 2.05. The maximum Gasteiger partial charge on any atom is 0.259 e. The van der Waals surface area contributed by atoms with Crippen molar-refractivity contribution >= 4 is 51.3 Å². The summed E-state index contributed by atoms with van der Waals surface area (Å²) < 4.78 is 0. The van der Waals surface area contributed by atoms with Gasteiger partial charge in [-0.2, -0.15) is 0 Å². The molecule has 2 aromatic carbocycles. The van der Waals surface area contributed by atoms with Crippen LogP contribution >= 0.6 is 23.4 Å². The number of carbonyl (C=O) groups excluding carboxylic acids is 1. The monoisotopic (exact) mass is 371 g/mol. The second-order valence-corrected chi connectivity index (χ2v) is 6.49. The van der Waals surface area contributed by atoms with Crippen molar-refractivity contribution in [2.45, 2.75) is 4.90 Å². The van der Waals surface area contributed by atoms with E-state index in [-0.39, 0.29) is 27.3 Å². The molecule has 1 N–H and O–H groups in total. The van der Waals surface area contributed by atoms with E-state index in [4.69, 9.17) is 11.6 Å². The lowest BCUT2D eigenvalue weighted by molar-refractivity contribution is -0.255. The number of rotatable bonds is 4. The minimum atomic E-state index is -1.33. The summed E-state index contributed by atoms with van der Waals surface area (Å²) in [6, 6.07) is 11.7. The van der Waals surface area contributed by atoms with Gasteiger partial charge in [0.15, 0.2) is 5.82 Å². The molecule has 0 aliphatic heterocycles. The van der Waals surface area contributed by atoms with E-state index in [2.05, 4.69) is 9.97 Å². The van der Waals surface area contributed by atoms with Crippen molar-refractivity contribution in [1.82, 2.24) is 9.97 Å². The molecule has 0 saturated carbocycles. The fourth-order valence-corrected chi connectivity index (χ4v) is 2.92. The van der Waals surface area contributed by atoms with Gasteiger partial charge in [-0.05, 0) is 47.7 Å². The fourth-order valence-electron chi connectivity index (χ4n) is 2.29. The summed E-state index contributed by atoms with van der Waals surface area (Å²) in [4.78, 5) is 31.1. The van der Waals surface area contributed by atoms with Crippen LogP contribution in [0.15, 0.2) is 52.2 Å². The van der Waals surface area contributed by atoms with Crippen LogP contribution in [0.25, 0.3) is 22.0 Å². The van der Waals surface area contributed by atoms with Gasteiger partial charge in [0.1, 0.15) is 0 Å². The molecule has 0 atom stereocenters. The number of nitrogens with zero attached hydrogens (tertiary/aromatic N) is 1. The molecule has 3 aromatic rings. The molecule has 0 spiro atoms. The van der Waals surface area contributed by atoms with Crippen molar-refractivity contribution in [3.05, 3.63) is 69.8 Å². The molecular weight excluding hydrogens is 360 g/mol. The molecule has 1 heterocycles. The number of benzene rings is 2. The van der Waals surface area contributed by atoms with Crippen molar-refractivity contribution < 1.29 is 9.90 Å². The first kappa shape index (κ1) is 17.3. The van der Waals surface area contributed by atoms with Gasteiger partial charge in [0.25, 0.3) is 5.56 Å². The first-order chi connectivity index (χ1) is 12.0. The normalized spacial score (nSPS) is 11.7. The highest BCUT2D eigenvalue weighted by Crippen LogP contribution is 2.22. The van der Waals surface area contributed by atoms with Crippen LogP contribution in [0.5, 0.6) is 0 Å². The highest BCUT2D eigenvalue weighted by atomic mass is 35.5. The summed E-state index contributed by atoms with van der Waals surface area (Å²) in [5.74, 6) is -1.16. The van der Waals surface area contributed by atoms with E-state index in [1.165, 1.54) is 18.2 Å². The first-order valence-corrected chi connectivity index (χ1v) is 8.85. The standard InChI is InChI=1S/C18H13ClN2O3S/c1-25-12-5-2-10(3-6-12)8-14(19)16-20-15-9-11(18(23)24)4-7-13(15)17(22)21-16/h2-9H,1H3,(H,23,24)(H,20,21,22)/p-1/b14-8-. The lowest BCUT2D eigenvalue weighted by atomic mass is 10.1. The number of hydrogen-bond donors (Lipinski definition) is 1. The number of fused-ring (bicyclic) bond motifs is 1. The average Bonchev–Trinajstić information content (AvgIpc) is 2.61. The summed E-state index contributed by atoms with van der Waals surface area (Å²) in [5, 5.41) is 11.5. The van der Waals surface area contributed by atoms with Crippen molar-refractivity contribution in [2.75, 3.05) is 6.26 Å². The quantitative estimate of drug-likeness (QED) is 0.713. The van der Waals surface area contributed by atoms with E-state index >= 15 is 0 Å². The molecule has 0 radical (unpaired) electrons. The predicted molar refractivity (Wildman–Crippen MR) is 98.6 cm³/mol. The predicted octanol–water partition coefficient (Wildman–Crippen LogP) is 2.75. The second kappa shape index (κ2) is 7.13. The summed E-state index contributed by atoms with van der Waals surface area (Å²) in [6.45, 7) is 0. The van der Waals surface area contributed by atoms with Crippen molar-refractivity contribution in [3.8, 4) is 0 Å². The Hall–Kier alpha value is -2.57. The van der Waals surface area contributed by atoms with Crippen molar-refractivity contribution in [2.24, 2.45) is 0 Å². The van der Waals surface area contributed by atoms with Crippen molar-refractivity contribution in [3.63, 3.8) is 0 Å².